The average molecular weight is 268 g/mol. The summed E-state index contributed by atoms with van der Waals surface area (Å²) in [5, 5.41) is 0. The summed E-state index contributed by atoms with van der Waals surface area (Å²) in [5.41, 5.74) is -1.10. The van der Waals surface area contributed by atoms with Crippen LogP contribution in [0.4, 0.5) is 0 Å². The Bertz CT molecular complexity index is 319. The van der Waals surface area contributed by atoms with Crippen molar-refractivity contribution < 1.29 is 19.1 Å². The van der Waals surface area contributed by atoms with E-state index in [9.17, 15) is 9.59 Å². The molecule has 0 aromatic carbocycles. The lowest BCUT2D eigenvalue weighted by Gasteiger charge is -2.28. The van der Waals surface area contributed by atoms with E-state index in [1.165, 1.54) is 0 Å². The van der Waals surface area contributed by atoms with Crippen LogP contribution < -0.4 is 0 Å². The van der Waals surface area contributed by atoms with Gasteiger partial charge in [-0.15, -0.1) is 0 Å². The van der Waals surface area contributed by atoms with Crippen LogP contribution in [0.25, 0.3) is 0 Å². The molecular weight excluding hydrogens is 244 g/mol. The summed E-state index contributed by atoms with van der Waals surface area (Å²) in [5.74, 6) is -0.857. The third kappa shape index (κ3) is 8.19. The van der Waals surface area contributed by atoms with Gasteiger partial charge in [-0.25, -0.2) is 9.59 Å². The molecule has 0 atom stereocenters. The van der Waals surface area contributed by atoms with Gasteiger partial charge in [0, 0.05) is 12.2 Å². The second-order valence-corrected chi connectivity index (χ2v) is 5.62. The van der Waals surface area contributed by atoms with Gasteiger partial charge in [-0.2, -0.15) is 0 Å². The zero-order valence-corrected chi connectivity index (χ0v) is 12.3. The van der Waals surface area contributed by atoms with Crippen LogP contribution in [0, 0.1) is 0 Å². The molecule has 4 heteroatoms. The highest BCUT2D eigenvalue weighted by molar-refractivity contribution is 5.81. The van der Waals surface area contributed by atoms with Crippen molar-refractivity contribution in [3.63, 3.8) is 0 Å². The van der Waals surface area contributed by atoms with Crippen LogP contribution in [0.5, 0.6) is 0 Å². The van der Waals surface area contributed by atoms with Gasteiger partial charge in [0.25, 0.3) is 0 Å². The molecule has 0 saturated heterocycles. The summed E-state index contributed by atoms with van der Waals surface area (Å²) in [4.78, 5) is 22.3. The molecule has 0 fully saturated rings. The smallest absolute Gasteiger partial charge is 0.330 e. The van der Waals surface area contributed by atoms with Gasteiger partial charge in [-0.05, 0) is 47.0 Å². The number of esters is 2. The van der Waals surface area contributed by atoms with E-state index in [-0.39, 0.29) is 0 Å². The monoisotopic (exact) mass is 268 g/mol. The molecule has 0 aromatic rings. The number of carbonyl (C=O) groups excluding carboxylic acids is 2. The largest absolute Gasteiger partial charge is 0.457 e. The molecule has 4 nitrogen and oxygen atoms in total. The van der Waals surface area contributed by atoms with Gasteiger partial charge in [0.2, 0.25) is 0 Å². The molecule has 19 heavy (non-hydrogen) atoms. The minimum absolute atomic E-state index is 0.428. The van der Waals surface area contributed by atoms with E-state index in [2.05, 4.69) is 13.2 Å². The van der Waals surface area contributed by atoms with Gasteiger partial charge in [0.15, 0.2) is 0 Å². The summed E-state index contributed by atoms with van der Waals surface area (Å²) >= 11 is 0. The first-order valence-electron chi connectivity index (χ1n) is 6.33. The van der Waals surface area contributed by atoms with E-state index >= 15 is 0 Å². The SMILES string of the molecule is C=CC(=O)OC(C)(C)CCCC(C)(C)OC(=O)C=C. The van der Waals surface area contributed by atoms with Crippen molar-refractivity contribution in [1.82, 2.24) is 0 Å². The predicted octanol–water partition coefficient (Wildman–Crippen LogP) is 3.17. The number of carbonyl (C=O) groups is 2. The lowest BCUT2D eigenvalue weighted by molar-refractivity contribution is -0.152. The predicted molar refractivity (Wildman–Crippen MR) is 74.6 cm³/mol. The standard InChI is InChI=1S/C15H24O4/c1-7-12(16)18-14(3,4)10-9-11-15(5,6)19-13(17)8-2/h7-8H,1-2,9-11H2,3-6H3. The van der Waals surface area contributed by atoms with Gasteiger partial charge in [0.05, 0.1) is 0 Å². The molecule has 0 spiro atoms. The van der Waals surface area contributed by atoms with Crippen LogP contribution >= 0.6 is 0 Å². The Hall–Kier alpha value is -1.58. The molecule has 108 valence electrons. The van der Waals surface area contributed by atoms with Crippen LogP contribution in [0.1, 0.15) is 47.0 Å². The summed E-state index contributed by atoms with van der Waals surface area (Å²) in [6.07, 6.45) is 4.44. The molecule has 0 radical (unpaired) electrons. The molecule has 0 N–H and O–H groups in total. The average Bonchev–Trinajstić information content (AvgIpc) is 2.26. The summed E-state index contributed by atoms with van der Waals surface area (Å²) in [6, 6.07) is 0. The maximum absolute atomic E-state index is 11.2. The van der Waals surface area contributed by atoms with Crippen LogP contribution in [0.15, 0.2) is 25.3 Å². The van der Waals surface area contributed by atoms with Crippen molar-refractivity contribution in [2.24, 2.45) is 0 Å². The van der Waals surface area contributed by atoms with Gasteiger partial charge >= 0.3 is 11.9 Å². The zero-order valence-electron chi connectivity index (χ0n) is 12.3. The maximum Gasteiger partial charge on any atom is 0.330 e. The molecule has 0 aliphatic carbocycles. The van der Waals surface area contributed by atoms with Crippen LogP contribution in [-0.2, 0) is 19.1 Å². The Morgan fingerprint density at radius 2 is 1.21 bits per heavy atom. The molecule has 0 rings (SSSR count). The Kier molecular flexibility index (Phi) is 6.53. The van der Waals surface area contributed by atoms with Crippen molar-refractivity contribution in [1.29, 1.82) is 0 Å². The lowest BCUT2D eigenvalue weighted by Crippen LogP contribution is -2.30. The molecular formula is C15H24O4. The molecule has 0 heterocycles. The lowest BCUT2D eigenvalue weighted by atomic mass is 9.95. The molecule has 0 saturated carbocycles. The molecule has 0 amide bonds. The van der Waals surface area contributed by atoms with Crippen LogP contribution in [0.3, 0.4) is 0 Å². The highest BCUT2D eigenvalue weighted by Crippen LogP contribution is 2.24. The second-order valence-electron chi connectivity index (χ2n) is 5.62. The van der Waals surface area contributed by atoms with E-state index < -0.39 is 23.1 Å². The minimum Gasteiger partial charge on any atom is -0.457 e. The van der Waals surface area contributed by atoms with E-state index in [0.29, 0.717) is 12.8 Å². The third-order valence-corrected chi connectivity index (χ3v) is 2.64. The fourth-order valence-electron chi connectivity index (χ4n) is 1.67. The molecule has 0 aromatic heterocycles. The zero-order chi connectivity index (χ0) is 15.1. The second kappa shape index (κ2) is 7.12. The maximum atomic E-state index is 11.2. The molecule has 0 aliphatic heterocycles. The Morgan fingerprint density at radius 1 is 0.895 bits per heavy atom. The van der Waals surface area contributed by atoms with Gasteiger partial charge in [-0.3, -0.25) is 0 Å². The normalized spacial score (nSPS) is 11.6. The van der Waals surface area contributed by atoms with Crippen LogP contribution in [-0.4, -0.2) is 23.1 Å². The highest BCUT2D eigenvalue weighted by atomic mass is 16.6. The first-order valence-corrected chi connectivity index (χ1v) is 6.33. The third-order valence-electron chi connectivity index (χ3n) is 2.64. The molecule has 0 aliphatic rings. The first-order chi connectivity index (χ1) is 8.62. The Balaban J connectivity index is 4.19. The summed E-state index contributed by atoms with van der Waals surface area (Å²) < 4.78 is 10.4. The van der Waals surface area contributed by atoms with Crippen molar-refractivity contribution in [2.45, 2.75) is 58.2 Å². The fourth-order valence-corrected chi connectivity index (χ4v) is 1.67. The Morgan fingerprint density at radius 3 is 1.47 bits per heavy atom. The highest BCUT2D eigenvalue weighted by Gasteiger charge is 2.25. The van der Waals surface area contributed by atoms with Gasteiger partial charge < -0.3 is 9.47 Å². The number of ether oxygens (including phenoxy) is 2. The Labute approximate surface area is 115 Å². The number of rotatable bonds is 8. The van der Waals surface area contributed by atoms with Crippen molar-refractivity contribution in [2.75, 3.05) is 0 Å². The van der Waals surface area contributed by atoms with E-state index in [4.69, 9.17) is 9.47 Å². The first kappa shape index (κ1) is 17.4. The van der Waals surface area contributed by atoms with Crippen molar-refractivity contribution in [3.8, 4) is 0 Å². The van der Waals surface area contributed by atoms with E-state index in [1.807, 2.05) is 27.7 Å². The van der Waals surface area contributed by atoms with E-state index in [0.717, 1.165) is 18.6 Å². The summed E-state index contributed by atoms with van der Waals surface area (Å²) in [6.45, 7) is 14.1. The van der Waals surface area contributed by atoms with Crippen molar-refractivity contribution in [3.05, 3.63) is 25.3 Å². The van der Waals surface area contributed by atoms with Crippen molar-refractivity contribution >= 4 is 11.9 Å². The van der Waals surface area contributed by atoms with Gasteiger partial charge in [-0.1, -0.05) is 13.2 Å². The fraction of sp³-hybridized carbons (Fsp3) is 0.600. The topological polar surface area (TPSA) is 52.6 Å². The number of hydrogen-bond donors (Lipinski definition) is 0. The number of hydrogen-bond acceptors (Lipinski definition) is 4. The molecule has 0 bridgehead atoms. The minimum atomic E-state index is -0.552. The quantitative estimate of drug-likeness (QED) is 0.501. The summed E-state index contributed by atoms with van der Waals surface area (Å²) in [7, 11) is 0. The van der Waals surface area contributed by atoms with Crippen LogP contribution in [0.2, 0.25) is 0 Å². The molecule has 0 unspecified atom stereocenters. The van der Waals surface area contributed by atoms with Gasteiger partial charge in [0.1, 0.15) is 11.2 Å². The van der Waals surface area contributed by atoms with E-state index in [1.54, 1.807) is 0 Å².